The Kier molecular flexibility index (Phi) is 5.67. The number of fused-ring (bicyclic) bond motifs is 3. The summed E-state index contributed by atoms with van der Waals surface area (Å²) in [5.41, 5.74) is 14.0. The highest BCUT2D eigenvalue weighted by molar-refractivity contribution is 6.33. The Labute approximate surface area is 223 Å². The lowest BCUT2D eigenvalue weighted by Crippen LogP contribution is -2.85. The van der Waals surface area contributed by atoms with Crippen molar-refractivity contribution in [3.8, 4) is 22.9 Å². The monoisotopic (exact) mass is 529 g/mol. The van der Waals surface area contributed by atoms with Gasteiger partial charge in [0.05, 0.1) is 23.2 Å². The minimum atomic E-state index is -2.76. The smallest absolute Gasteiger partial charge is 0.235 e. The second-order valence-electron chi connectivity index (χ2n) is 11.0. The first kappa shape index (κ1) is 26.4. The highest BCUT2D eigenvalue weighted by atomic mass is 16.3. The average molecular weight is 530 g/mol. The second-order valence-corrected chi connectivity index (χ2v) is 11.0. The maximum Gasteiger partial charge on any atom is 0.235 e. The number of phenolic OH excluding ortho intramolecular Hbond substituents is 1. The molecule has 5 rings (SSSR count). The summed E-state index contributed by atoms with van der Waals surface area (Å²) in [5.74, 6) is -9.90. The van der Waals surface area contributed by atoms with Crippen molar-refractivity contribution in [2.24, 2.45) is 34.5 Å². The van der Waals surface area contributed by atoms with E-state index in [1.54, 1.807) is 24.3 Å². The van der Waals surface area contributed by atoms with E-state index in [9.17, 15) is 34.3 Å². The number of rotatable bonds is 3. The van der Waals surface area contributed by atoms with Gasteiger partial charge in [-0.1, -0.05) is 36.4 Å². The lowest BCUT2D eigenvalue weighted by Gasteiger charge is -2.60. The number of carbonyl (C=O) groups excluding carboxylic acids is 5. The Morgan fingerprint density at radius 1 is 1.05 bits per heavy atom. The molecule has 0 spiro atoms. The molecule has 0 bridgehead atoms. The number of hydrogen-bond donors (Lipinski definition) is 4. The number of Topliss-reactive ketones (excluding diaryl/α,β-unsaturated/α-hetero) is 4. The SMILES string of the molecule is CN(C)[C@@H]1C(=O)C(C(N)=O)C(=O)[C@@]2(C#N)C(=O)C3C(=O)c4c(O)ccc(-c5ccccc5)c4C[C@@]3(N)C[C@@]12N. The van der Waals surface area contributed by atoms with Gasteiger partial charge in [0.1, 0.15) is 11.7 Å². The van der Waals surface area contributed by atoms with Gasteiger partial charge in [0, 0.05) is 5.54 Å². The lowest BCUT2D eigenvalue weighted by molar-refractivity contribution is -0.166. The van der Waals surface area contributed by atoms with Crippen LogP contribution in [0, 0.1) is 28.6 Å². The van der Waals surface area contributed by atoms with Gasteiger partial charge < -0.3 is 22.3 Å². The number of amides is 1. The molecule has 7 N–H and O–H groups in total. The third-order valence-corrected chi connectivity index (χ3v) is 8.56. The molecule has 39 heavy (non-hydrogen) atoms. The number of hydrogen-bond acceptors (Lipinski definition) is 10. The van der Waals surface area contributed by atoms with Gasteiger partial charge in [-0.25, -0.2) is 0 Å². The highest BCUT2D eigenvalue weighted by Crippen LogP contribution is 2.56. The van der Waals surface area contributed by atoms with Crippen molar-refractivity contribution in [3.63, 3.8) is 0 Å². The first-order chi connectivity index (χ1) is 18.3. The van der Waals surface area contributed by atoms with Crippen LogP contribution in [0.4, 0.5) is 0 Å². The Hall–Kier alpha value is -4.24. The molecular formula is C28H27N5O6. The molecular weight excluding hydrogens is 502 g/mol. The molecule has 6 atom stereocenters. The molecule has 2 unspecified atom stereocenters. The van der Waals surface area contributed by atoms with E-state index in [1.807, 2.05) is 18.2 Å². The molecule has 3 aliphatic rings. The molecule has 1 amide bonds. The number of nitrogens with two attached hydrogens (primary N) is 3. The van der Waals surface area contributed by atoms with Gasteiger partial charge >= 0.3 is 0 Å². The molecule has 0 saturated heterocycles. The quantitative estimate of drug-likeness (QED) is 0.373. The van der Waals surface area contributed by atoms with Crippen molar-refractivity contribution in [2.75, 3.05) is 14.1 Å². The fourth-order valence-electron chi connectivity index (χ4n) is 7.10. The van der Waals surface area contributed by atoms with E-state index in [-0.39, 0.29) is 17.7 Å². The maximum absolute atomic E-state index is 14.3. The predicted molar refractivity (Wildman–Crippen MR) is 137 cm³/mol. The van der Waals surface area contributed by atoms with E-state index >= 15 is 0 Å². The van der Waals surface area contributed by atoms with Crippen LogP contribution in [0.25, 0.3) is 11.1 Å². The zero-order valence-corrected chi connectivity index (χ0v) is 21.3. The summed E-state index contributed by atoms with van der Waals surface area (Å²) in [6.45, 7) is 0. The van der Waals surface area contributed by atoms with Gasteiger partial charge in [0.25, 0.3) is 0 Å². The molecule has 0 aromatic heterocycles. The van der Waals surface area contributed by atoms with Crippen LogP contribution in [0.3, 0.4) is 0 Å². The number of nitriles is 1. The normalized spacial score (nSPS) is 33.7. The fourth-order valence-corrected chi connectivity index (χ4v) is 7.10. The Morgan fingerprint density at radius 3 is 2.26 bits per heavy atom. The van der Waals surface area contributed by atoms with Crippen molar-refractivity contribution in [3.05, 3.63) is 53.6 Å². The summed E-state index contributed by atoms with van der Waals surface area (Å²) < 4.78 is 0. The predicted octanol–water partition coefficient (Wildman–Crippen LogP) is -0.525. The van der Waals surface area contributed by atoms with Crippen LogP contribution in [0.5, 0.6) is 5.75 Å². The summed E-state index contributed by atoms with van der Waals surface area (Å²) >= 11 is 0. The number of primary amides is 1. The van der Waals surface area contributed by atoms with Crippen molar-refractivity contribution in [1.29, 1.82) is 5.26 Å². The van der Waals surface area contributed by atoms with Gasteiger partial charge in [-0.2, -0.15) is 5.26 Å². The third-order valence-electron chi connectivity index (χ3n) is 8.56. The van der Waals surface area contributed by atoms with Crippen LogP contribution in [-0.4, -0.2) is 70.3 Å². The van der Waals surface area contributed by atoms with E-state index in [0.29, 0.717) is 11.1 Å². The van der Waals surface area contributed by atoms with Crippen LogP contribution in [0.2, 0.25) is 0 Å². The molecule has 200 valence electrons. The van der Waals surface area contributed by atoms with E-state index in [1.165, 1.54) is 25.1 Å². The minimum Gasteiger partial charge on any atom is -0.507 e. The van der Waals surface area contributed by atoms with E-state index in [0.717, 1.165) is 5.56 Å². The lowest BCUT2D eigenvalue weighted by atomic mass is 9.42. The largest absolute Gasteiger partial charge is 0.507 e. The molecule has 0 heterocycles. The summed E-state index contributed by atoms with van der Waals surface area (Å²) in [6.07, 6.45) is -0.573. The van der Waals surface area contributed by atoms with Crippen LogP contribution in [-0.2, 0) is 25.6 Å². The summed E-state index contributed by atoms with van der Waals surface area (Å²) in [6, 6.07) is 12.3. The Morgan fingerprint density at radius 2 is 1.69 bits per heavy atom. The topological polar surface area (TPSA) is 211 Å². The first-order valence-electron chi connectivity index (χ1n) is 12.3. The van der Waals surface area contributed by atoms with Crippen LogP contribution < -0.4 is 17.2 Å². The molecule has 3 aliphatic carbocycles. The zero-order chi connectivity index (χ0) is 28.7. The highest BCUT2D eigenvalue weighted by Gasteiger charge is 2.78. The molecule has 11 nitrogen and oxygen atoms in total. The third kappa shape index (κ3) is 3.16. The molecule has 0 aliphatic heterocycles. The number of likely N-dealkylation sites (N-methyl/N-ethyl adjacent to an activating group) is 1. The van der Waals surface area contributed by atoms with Gasteiger partial charge in [0.15, 0.2) is 34.5 Å². The first-order valence-corrected chi connectivity index (χ1v) is 12.3. The molecule has 2 aromatic carbocycles. The Balaban J connectivity index is 1.79. The number of nitrogens with zero attached hydrogens (tertiary/aromatic N) is 2. The van der Waals surface area contributed by atoms with E-state index < -0.39 is 69.8 Å². The van der Waals surface area contributed by atoms with Crippen LogP contribution in [0.1, 0.15) is 22.3 Å². The molecule has 2 aromatic rings. The number of aromatic hydroxyl groups is 1. The second kappa shape index (κ2) is 8.38. The number of carbonyl (C=O) groups is 5. The molecule has 0 radical (unpaired) electrons. The summed E-state index contributed by atoms with van der Waals surface area (Å²) in [7, 11) is 2.92. The van der Waals surface area contributed by atoms with Gasteiger partial charge in [-0.15, -0.1) is 0 Å². The average Bonchev–Trinajstić information content (AvgIpc) is 2.83. The summed E-state index contributed by atoms with van der Waals surface area (Å²) in [5, 5.41) is 21.2. The number of phenols is 1. The van der Waals surface area contributed by atoms with Crippen LogP contribution >= 0.6 is 0 Å². The van der Waals surface area contributed by atoms with Gasteiger partial charge in [-0.3, -0.25) is 28.9 Å². The standard InChI is InChI=1S/C28H27N5O6/c1-33(2)22-21(36)18(25(30)39)23(37)27(12-29)24(38)19-20(35)17-15(10-26(19,31)11-28(22,27)32)14(8-9-16(17)34)13-6-4-3-5-7-13/h3-9,18-19,22,34H,10-11,31-32H2,1-2H3,(H2,30,39)/t18?,19?,22-,26-,27+,28-/m1/s1. The van der Waals surface area contributed by atoms with E-state index in [2.05, 4.69) is 0 Å². The minimum absolute atomic E-state index is 0.120. The zero-order valence-electron chi connectivity index (χ0n) is 21.3. The number of ketones is 4. The van der Waals surface area contributed by atoms with E-state index in [4.69, 9.17) is 17.2 Å². The fraction of sp³-hybridized carbons (Fsp3) is 0.357. The Bertz CT molecular complexity index is 1530. The molecule has 11 heteroatoms. The van der Waals surface area contributed by atoms with Crippen molar-refractivity contribution >= 4 is 29.0 Å². The van der Waals surface area contributed by atoms with Gasteiger partial charge in [-0.05, 0) is 49.7 Å². The van der Waals surface area contributed by atoms with Gasteiger partial charge in [0.2, 0.25) is 5.91 Å². The maximum atomic E-state index is 14.3. The molecule has 2 saturated carbocycles. The number of benzene rings is 2. The van der Waals surface area contributed by atoms with Crippen molar-refractivity contribution < 1.29 is 29.1 Å². The van der Waals surface area contributed by atoms with Crippen LogP contribution in [0.15, 0.2) is 42.5 Å². The molecule has 2 fully saturated rings. The van der Waals surface area contributed by atoms with Crippen molar-refractivity contribution in [2.45, 2.75) is 30.0 Å². The summed E-state index contributed by atoms with van der Waals surface area (Å²) in [4.78, 5) is 69.1. The van der Waals surface area contributed by atoms with Crippen molar-refractivity contribution in [1.82, 2.24) is 4.90 Å².